The molecule has 0 atom stereocenters. The molecule has 0 aliphatic carbocycles. The topological polar surface area (TPSA) is 133 Å². The molecule has 4 N–H and O–H groups in total. The molecule has 2 aromatic heterocycles. The van der Waals surface area contributed by atoms with Gasteiger partial charge in [0.25, 0.3) is 0 Å². The van der Waals surface area contributed by atoms with E-state index in [1.54, 1.807) is 24.4 Å². The first-order valence-electron chi connectivity index (χ1n) is 7.72. The number of benzene rings is 1. The van der Waals surface area contributed by atoms with Crippen LogP contribution in [0.4, 0.5) is 16.4 Å². The van der Waals surface area contributed by atoms with Crippen LogP contribution in [0.5, 0.6) is 0 Å². The van der Waals surface area contributed by atoms with Crippen LogP contribution in [0.3, 0.4) is 0 Å². The van der Waals surface area contributed by atoms with Gasteiger partial charge in [0.05, 0.1) is 18.8 Å². The quantitative estimate of drug-likeness (QED) is 0.529. The van der Waals surface area contributed by atoms with Crippen molar-refractivity contribution in [2.24, 2.45) is 0 Å². The number of hydrogen-bond donors (Lipinski definition) is 4. The molecule has 0 saturated carbocycles. The summed E-state index contributed by atoms with van der Waals surface area (Å²) in [4.78, 5) is 27.3. The Kier molecular flexibility index (Phi) is 5.30. The predicted octanol–water partition coefficient (Wildman–Crippen LogP) is 1.94. The SMILES string of the molecule is O=C(O)NCc1cc(-c2ncnc(Nc3cccc(CO)c3)n2)ccn1. The first kappa shape index (κ1) is 17.2. The Balaban J connectivity index is 1.80. The number of aliphatic hydroxyl groups is 1. The number of rotatable bonds is 6. The monoisotopic (exact) mass is 352 g/mol. The van der Waals surface area contributed by atoms with Crippen LogP contribution in [0.25, 0.3) is 11.4 Å². The summed E-state index contributed by atoms with van der Waals surface area (Å²) in [5.74, 6) is 0.784. The van der Waals surface area contributed by atoms with Gasteiger partial charge in [0, 0.05) is 17.4 Å². The molecule has 0 saturated heterocycles. The highest BCUT2D eigenvalue weighted by Crippen LogP contribution is 2.18. The summed E-state index contributed by atoms with van der Waals surface area (Å²) >= 11 is 0. The highest BCUT2D eigenvalue weighted by Gasteiger charge is 2.07. The molecule has 0 spiro atoms. The van der Waals surface area contributed by atoms with E-state index in [0.29, 0.717) is 23.0 Å². The van der Waals surface area contributed by atoms with Gasteiger partial charge in [-0.2, -0.15) is 4.98 Å². The molecule has 1 aromatic carbocycles. The van der Waals surface area contributed by atoms with Crippen LogP contribution in [0.15, 0.2) is 48.9 Å². The van der Waals surface area contributed by atoms with Gasteiger partial charge in [-0.3, -0.25) is 4.98 Å². The van der Waals surface area contributed by atoms with Crippen LogP contribution in [0.2, 0.25) is 0 Å². The first-order valence-corrected chi connectivity index (χ1v) is 7.72. The molecule has 0 radical (unpaired) electrons. The minimum Gasteiger partial charge on any atom is -0.465 e. The molecule has 0 bridgehead atoms. The van der Waals surface area contributed by atoms with Gasteiger partial charge in [0.2, 0.25) is 5.95 Å². The van der Waals surface area contributed by atoms with Crippen LogP contribution in [-0.4, -0.2) is 36.2 Å². The highest BCUT2D eigenvalue weighted by atomic mass is 16.4. The fraction of sp³-hybridized carbons (Fsp3) is 0.118. The Morgan fingerprint density at radius 1 is 1.12 bits per heavy atom. The summed E-state index contributed by atoms with van der Waals surface area (Å²) in [5, 5.41) is 23.2. The molecule has 0 aliphatic rings. The van der Waals surface area contributed by atoms with Crippen molar-refractivity contribution in [3.8, 4) is 11.4 Å². The Bertz CT molecular complexity index is 918. The van der Waals surface area contributed by atoms with E-state index in [1.807, 2.05) is 18.2 Å². The van der Waals surface area contributed by atoms with E-state index in [4.69, 9.17) is 5.11 Å². The Hall–Kier alpha value is -3.59. The van der Waals surface area contributed by atoms with Crippen molar-refractivity contribution < 1.29 is 15.0 Å². The number of carbonyl (C=O) groups is 1. The van der Waals surface area contributed by atoms with Gasteiger partial charge in [-0.15, -0.1) is 0 Å². The number of nitrogens with one attached hydrogen (secondary N) is 2. The van der Waals surface area contributed by atoms with Crippen LogP contribution in [0.1, 0.15) is 11.3 Å². The molecule has 132 valence electrons. The van der Waals surface area contributed by atoms with E-state index < -0.39 is 6.09 Å². The zero-order valence-electron chi connectivity index (χ0n) is 13.6. The molecule has 0 unspecified atom stereocenters. The van der Waals surface area contributed by atoms with Gasteiger partial charge in [0.1, 0.15) is 6.33 Å². The number of aliphatic hydroxyl groups excluding tert-OH is 1. The van der Waals surface area contributed by atoms with Gasteiger partial charge < -0.3 is 20.8 Å². The number of pyridine rings is 1. The lowest BCUT2D eigenvalue weighted by Crippen LogP contribution is -2.20. The van der Waals surface area contributed by atoms with Crippen molar-refractivity contribution >= 4 is 17.7 Å². The van der Waals surface area contributed by atoms with Gasteiger partial charge >= 0.3 is 6.09 Å². The van der Waals surface area contributed by atoms with E-state index >= 15 is 0 Å². The van der Waals surface area contributed by atoms with E-state index in [2.05, 4.69) is 30.6 Å². The zero-order valence-corrected chi connectivity index (χ0v) is 13.6. The third-order valence-corrected chi connectivity index (χ3v) is 3.43. The molecule has 3 aromatic rings. The number of nitrogens with zero attached hydrogens (tertiary/aromatic N) is 4. The molecule has 0 fully saturated rings. The van der Waals surface area contributed by atoms with Crippen LogP contribution in [-0.2, 0) is 13.2 Å². The third kappa shape index (κ3) is 4.48. The van der Waals surface area contributed by atoms with Crippen molar-refractivity contribution in [1.82, 2.24) is 25.3 Å². The van der Waals surface area contributed by atoms with E-state index in [9.17, 15) is 9.90 Å². The second-order valence-electron chi connectivity index (χ2n) is 5.31. The number of carboxylic acid groups (broad SMARTS) is 1. The largest absolute Gasteiger partial charge is 0.465 e. The van der Waals surface area contributed by atoms with E-state index in [-0.39, 0.29) is 13.2 Å². The zero-order chi connectivity index (χ0) is 18.4. The van der Waals surface area contributed by atoms with Crippen molar-refractivity contribution in [3.05, 3.63) is 60.2 Å². The summed E-state index contributed by atoms with van der Waals surface area (Å²) in [7, 11) is 0. The van der Waals surface area contributed by atoms with Gasteiger partial charge in [-0.1, -0.05) is 12.1 Å². The van der Waals surface area contributed by atoms with Crippen molar-refractivity contribution in [3.63, 3.8) is 0 Å². The molecule has 0 aliphatic heterocycles. The summed E-state index contributed by atoms with van der Waals surface area (Å²) < 4.78 is 0. The minimum absolute atomic E-state index is 0.0534. The smallest absolute Gasteiger partial charge is 0.404 e. The van der Waals surface area contributed by atoms with Crippen molar-refractivity contribution in [2.45, 2.75) is 13.2 Å². The molecule has 26 heavy (non-hydrogen) atoms. The molecule has 9 heteroatoms. The molecule has 2 heterocycles. The molecule has 3 rings (SSSR count). The fourth-order valence-corrected chi connectivity index (χ4v) is 2.25. The molecular weight excluding hydrogens is 336 g/mol. The number of hydrogen-bond acceptors (Lipinski definition) is 7. The maximum atomic E-state index is 10.6. The highest BCUT2D eigenvalue weighted by molar-refractivity contribution is 5.64. The predicted molar refractivity (Wildman–Crippen MR) is 93.6 cm³/mol. The number of amides is 1. The Morgan fingerprint density at radius 3 is 2.81 bits per heavy atom. The maximum Gasteiger partial charge on any atom is 0.404 e. The standard InChI is InChI=1S/C17H16N6O3/c24-9-11-2-1-3-13(6-11)22-16-21-10-20-15(23-16)12-4-5-18-14(7-12)8-19-17(25)26/h1-7,10,19,24H,8-9H2,(H,25,26)(H,20,21,22,23). The fourth-order valence-electron chi connectivity index (χ4n) is 2.25. The average molecular weight is 352 g/mol. The van der Waals surface area contributed by atoms with Crippen LogP contribution in [0, 0.1) is 0 Å². The summed E-state index contributed by atoms with van der Waals surface area (Å²) in [6, 6.07) is 10.7. The summed E-state index contributed by atoms with van der Waals surface area (Å²) in [6.45, 7) is 0.0372. The van der Waals surface area contributed by atoms with Gasteiger partial charge in [-0.25, -0.2) is 14.8 Å². The minimum atomic E-state index is -1.12. The first-order chi connectivity index (χ1) is 12.6. The molecule has 9 nitrogen and oxygen atoms in total. The molecule has 1 amide bonds. The lowest BCUT2D eigenvalue weighted by Gasteiger charge is -2.08. The van der Waals surface area contributed by atoms with E-state index in [0.717, 1.165) is 11.3 Å². The third-order valence-electron chi connectivity index (χ3n) is 3.43. The average Bonchev–Trinajstić information content (AvgIpc) is 2.67. The Labute approximate surface area is 148 Å². The number of anilines is 2. The molecular formula is C17H16N6O3. The van der Waals surface area contributed by atoms with Crippen molar-refractivity contribution in [2.75, 3.05) is 5.32 Å². The number of aromatic nitrogens is 4. The summed E-state index contributed by atoms with van der Waals surface area (Å²) in [5.41, 5.74) is 2.76. The summed E-state index contributed by atoms with van der Waals surface area (Å²) in [6.07, 6.45) is 1.83. The maximum absolute atomic E-state index is 10.6. The van der Waals surface area contributed by atoms with Gasteiger partial charge in [-0.05, 0) is 29.8 Å². The van der Waals surface area contributed by atoms with Crippen LogP contribution < -0.4 is 10.6 Å². The van der Waals surface area contributed by atoms with Gasteiger partial charge in [0.15, 0.2) is 5.82 Å². The second-order valence-corrected chi connectivity index (χ2v) is 5.31. The van der Waals surface area contributed by atoms with E-state index in [1.165, 1.54) is 6.33 Å². The Morgan fingerprint density at radius 2 is 2.00 bits per heavy atom. The lowest BCUT2D eigenvalue weighted by molar-refractivity contribution is 0.194. The lowest BCUT2D eigenvalue weighted by atomic mass is 10.2. The van der Waals surface area contributed by atoms with Crippen LogP contribution >= 0.6 is 0 Å². The second kappa shape index (κ2) is 7.99. The van der Waals surface area contributed by atoms with Crippen molar-refractivity contribution in [1.29, 1.82) is 0 Å². The normalized spacial score (nSPS) is 10.3.